The molecule has 1 N–H and O–H groups in total. The van der Waals surface area contributed by atoms with Crippen molar-refractivity contribution < 1.29 is 19.5 Å². The van der Waals surface area contributed by atoms with Crippen molar-refractivity contribution in [3.63, 3.8) is 0 Å². The van der Waals surface area contributed by atoms with E-state index in [1.807, 2.05) is 4.90 Å². The fourth-order valence-corrected chi connectivity index (χ4v) is 4.17. The summed E-state index contributed by atoms with van der Waals surface area (Å²) in [6, 6.07) is 6.81. The van der Waals surface area contributed by atoms with E-state index in [4.69, 9.17) is 0 Å². The molecule has 1 spiro atoms. The first-order valence-corrected chi connectivity index (χ1v) is 9.23. The van der Waals surface area contributed by atoms with Gasteiger partial charge in [-0.2, -0.15) is 0 Å². The molecule has 26 heavy (non-hydrogen) atoms. The Morgan fingerprint density at radius 1 is 1.12 bits per heavy atom. The summed E-state index contributed by atoms with van der Waals surface area (Å²) in [7, 11) is 0. The molecule has 0 unspecified atom stereocenters. The molecular weight excluding hydrogens is 332 g/mol. The molecule has 6 heteroatoms. The van der Waals surface area contributed by atoms with E-state index >= 15 is 0 Å². The number of carbonyl (C=O) groups is 3. The van der Waals surface area contributed by atoms with Gasteiger partial charge in [-0.05, 0) is 38.3 Å². The van der Waals surface area contributed by atoms with Crippen LogP contribution in [0.5, 0.6) is 0 Å². The second kappa shape index (κ2) is 7.58. The fourth-order valence-electron chi connectivity index (χ4n) is 4.17. The van der Waals surface area contributed by atoms with Crippen molar-refractivity contribution in [3.05, 3.63) is 35.4 Å². The van der Waals surface area contributed by atoms with Crippen LogP contribution in [0.4, 0.5) is 0 Å². The zero-order chi connectivity index (χ0) is 18.7. The number of benzene rings is 1. The SMILES string of the molecule is CC(=O)c1ccc(C(=O)N2CCC[C@]3(CCC(=O)N(CCO)C3)C2)cc1. The molecule has 0 radical (unpaired) electrons. The molecule has 0 bridgehead atoms. The average Bonchev–Trinajstić information content (AvgIpc) is 2.65. The number of β-amino-alcohol motifs (C(OH)–C–C–N with tert-alkyl or cyclic N) is 1. The van der Waals surface area contributed by atoms with Gasteiger partial charge in [0.05, 0.1) is 6.61 Å². The highest BCUT2D eigenvalue weighted by Crippen LogP contribution is 2.39. The summed E-state index contributed by atoms with van der Waals surface area (Å²) < 4.78 is 0. The number of Topliss-reactive ketones (excluding diaryl/α,β-unsaturated/α-hetero) is 1. The van der Waals surface area contributed by atoms with Crippen LogP contribution in [0.3, 0.4) is 0 Å². The molecule has 1 atom stereocenters. The maximum absolute atomic E-state index is 12.9. The number of hydrogen-bond acceptors (Lipinski definition) is 4. The standard InChI is InChI=1S/C20H26N2O4/c1-15(24)16-3-5-17(6-4-16)19(26)22-10-2-8-20(14-22)9-7-18(25)21(13-20)11-12-23/h3-6,23H,2,7-14H2,1H3/t20-/m1/s1. The van der Waals surface area contributed by atoms with Gasteiger partial charge in [0, 0.05) is 49.1 Å². The highest BCUT2D eigenvalue weighted by atomic mass is 16.3. The Labute approximate surface area is 153 Å². The molecule has 2 fully saturated rings. The van der Waals surface area contributed by atoms with E-state index in [-0.39, 0.29) is 29.6 Å². The molecule has 2 saturated heterocycles. The minimum Gasteiger partial charge on any atom is -0.395 e. The van der Waals surface area contributed by atoms with E-state index in [1.54, 1.807) is 29.2 Å². The lowest BCUT2D eigenvalue weighted by atomic mass is 9.73. The average molecular weight is 358 g/mol. The van der Waals surface area contributed by atoms with Gasteiger partial charge in [-0.25, -0.2) is 0 Å². The molecule has 1 aromatic rings. The Morgan fingerprint density at radius 3 is 2.46 bits per heavy atom. The van der Waals surface area contributed by atoms with Gasteiger partial charge in [0.25, 0.3) is 5.91 Å². The number of aliphatic hydroxyl groups is 1. The first-order valence-electron chi connectivity index (χ1n) is 9.23. The van der Waals surface area contributed by atoms with Gasteiger partial charge in [0.15, 0.2) is 5.78 Å². The van der Waals surface area contributed by atoms with Gasteiger partial charge >= 0.3 is 0 Å². The zero-order valence-corrected chi connectivity index (χ0v) is 15.2. The first kappa shape index (κ1) is 18.6. The highest BCUT2D eigenvalue weighted by molar-refractivity contribution is 5.97. The number of rotatable bonds is 4. The van der Waals surface area contributed by atoms with Crippen LogP contribution in [0.25, 0.3) is 0 Å². The number of amides is 2. The van der Waals surface area contributed by atoms with Gasteiger partial charge in [-0.15, -0.1) is 0 Å². The van der Waals surface area contributed by atoms with Gasteiger partial charge in [-0.1, -0.05) is 12.1 Å². The number of hydrogen-bond donors (Lipinski definition) is 1. The molecule has 140 valence electrons. The molecule has 0 saturated carbocycles. The third kappa shape index (κ3) is 3.80. The van der Waals surface area contributed by atoms with Gasteiger partial charge in [-0.3, -0.25) is 14.4 Å². The van der Waals surface area contributed by atoms with Crippen LogP contribution < -0.4 is 0 Å². The summed E-state index contributed by atoms with van der Waals surface area (Å²) in [5.41, 5.74) is 1.12. The number of piperidine rings is 2. The predicted octanol–water partition coefficient (Wildman–Crippen LogP) is 1.73. The van der Waals surface area contributed by atoms with Gasteiger partial charge < -0.3 is 14.9 Å². The maximum Gasteiger partial charge on any atom is 0.253 e. The van der Waals surface area contributed by atoms with E-state index in [9.17, 15) is 19.5 Å². The van der Waals surface area contributed by atoms with Crippen molar-refractivity contribution in [1.82, 2.24) is 9.80 Å². The topological polar surface area (TPSA) is 77.9 Å². The molecule has 0 aromatic heterocycles. The summed E-state index contributed by atoms with van der Waals surface area (Å²) in [6.07, 6.45) is 3.18. The normalized spacial score (nSPS) is 23.4. The van der Waals surface area contributed by atoms with Crippen molar-refractivity contribution in [2.45, 2.75) is 32.6 Å². The molecule has 1 aromatic carbocycles. The van der Waals surface area contributed by atoms with Gasteiger partial charge in [0.2, 0.25) is 5.91 Å². The lowest BCUT2D eigenvalue weighted by Crippen LogP contribution is -2.55. The van der Waals surface area contributed by atoms with Crippen molar-refractivity contribution in [2.24, 2.45) is 5.41 Å². The van der Waals surface area contributed by atoms with Crippen LogP contribution in [0.1, 0.15) is 53.3 Å². The summed E-state index contributed by atoms with van der Waals surface area (Å²) in [4.78, 5) is 39.9. The van der Waals surface area contributed by atoms with Crippen LogP contribution in [-0.2, 0) is 4.79 Å². The van der Waals surface area contributed by atoms with Crippen LogP contribution in [0.15, 0.2) is 24.3 Å². The second-order valence-electron chi connectivity index (χ2n) is 7.50. The number of aliphatic hydroxyl groups excluding tert-OH is 1. The number of nitrogens with zero attached hydrogens (tertiary/aromatic N) is 2. The number of carbonyl (C=O) groups excluding carboxylic acids is 3. The lowest BCUT2D eigenvalue weighted by Gasteiger charge is -2.48. The molecule has 2 amide bonds. The number of likely N-dealkylation sites (tertiary alicyclic amines) is 2. The Balaban J connectivity index is 1.72. The van der Waals surface area contributed by atoms with E-state index in [1.165, 1.54) is 6.92 Å². The summed E-state index contributed by atoms with van der Waals surface area (Å²) in [5.74, 6) is 0.0505. The monoisotopic (exact) mass is 358 g/mol. The quantitative estimate of drug-likeness (QED) is 0.832. The Morgan fingerprint density at radius 2 is 1.81 bits per heavy atom. The lowest BCUT2D eigenvalue weighted by molar-refractivity contribution is -0.139. The molecule has 0 aliphatic carbocycles. The van der Waals surface area contributed by atoms with Crippen molar-refractivity contribution in [3.8, 4) is 0 Å². The van der Waals surface area contributed by atoms with E-state index in [0.717, 1.165) is 19.3 Å². The largest absolute Gasteiger partial charge is 0.395 e. The molecule has 6 nitrogen and oxygen atoms in total. The molecule has 2 aliphatic heterocycles. The second-order valence-corrected chi connectivity index (χ2v) is 7.50. The van der Waals surface area contributed by atoms with E-state index < -0.39 is 0 Å². The zero-order valence-electron chi connectivity index (χ0n) is 15.2. The minimum absolute atomic E-state index is 0.0169. The summed E-state index contributed by atoms with van der Waals surface area (Å²) >= 11 is 0. The van der Waals surface area contributed by atoms with Gasteiger partial charge in [0.1, 0.15) is 0 Å². The fraction of sp³-hybridized carbons (Fsp3) is 0.550. The highest BCUT2D eigenvalue weighted by Gasteiger charge is 2.42. The smallest absolute Gasteiger partial charge is 0.253 e. The number of ketones is 1. The molecule has 3 rings (SSSR count). The summed E-state index contributed by atoms with van der Waals surface area (Å²) in [5, 5.41) is 9.19. The van der Waals surface area contributed by atoms with E-state index in [2.05, 4.69) is 0 Å². The van der Waals surface area contributed by atoms with Crippen LogP contribution in [0.2, 0.25) is 0 Å². The van der Waals surface area contributed by atoms with Crippen molar-refractivity contribution >= 4 is 17.6 Å². The van der Waals surface area contributed by atoms with Crippen LogP contribution in [0, 0.1) is 5.41 Å². The Hall–Kier alpha value is -2.21. The Bertz CT molecular complexity index is 700. The third-order valence-electron chi connectivity index (χ3n) is 5.61. The first-order chi connectivity index (χ1) is 12.4. The van der Waals surface area contributed by atoms with Crippen molar-refractivity contribution in [1.29, 1.82) is 0 Å². The molecule has 2 aliphatic rings. The maximum atomic E-state index is 12.9. The Kier molecular flexibility index (Phi) is 5.41. The van der Waals surface area contributed by atoms with Crippen LogP contribution in [-0.4, -0.2) is 65.3 Å². The minimum atomic E-state index is -0.0731. The van der Waals surface area contributed by atoms with Crippen molar-refractivity contribution in [2.75, 3.05) is 32.8 Å². The molecule has 2 heterocycles. The van der Waals surface area contributed by atoms with E-state index in [0.29, 0.717) is 43.7 Å². The third-order valence-corrected chi connectivity index (χ3v) is 5.61. The molecular formula is C20H26N2O4. The predicted molar refractivity (Wildman–Crippen MR) is 96.9 cm³/mol. The van der Waals surface area contributed by atoms with Crippen LogP contribution >= 0.6 is 0 Å². The summed E-state index contributed by atoms with van der Waals surface area (Å²) in [6.45, 7) is 3.79.